The van der Waals surface area contributed by atoms with E-state index in [0.29, 0.717) is 27.1 Å². The third-order valence-corrected chi connectivity index (χ3v) is 20.6. The normalized spacial score (nSPS) is 11.9. The Bertz CT molecular complexity index is 3030. The fourth-order valence-corrected chi connectivity index (χ4v) is 15.2. The summed E-state index contributed by atoms with van der Waals surface area (Å²) in [7, 11) is 0. The lowest BCUT2D eigenvalue weighted by Crippen LogP contribution is -2.16. The first-order valence-electron chi connectivity index (χ1n) is 36.1. The zero-order chi connectivity index (χ0) is 69.7. The van der Waals surface area contributed by atoms with Gasteiger partial charge in [-0.3, -0.25) is 0 Å². The van der Waals surface area contributed by atoms with Crippen LogP contribution in [-0.2, 0) is 89.9 Å². The van der Waals surface area contributed by atoms with E-state index in [-0.39, 0.29) is 7.43 Å². The molecule has 0 N–H and O–H groups in total. The first-order chi connectivity index (χ1) is 40.6. The Morgan fingerprint density at radius 2 is 0.267 bits per heavy atom. The molecule has 5 aromatic rings. The van der Waals surface area contributed by atoms with Gasteiger partial charge in [0.25, 0.3) is 0 Å². The maximum absolute atomic E-state index is 2.35. The topological polar surface area (TPSA) is 0 Å². The quantitative estimate of drug-likeness (QED) is 0.104. The third-order valence-electron chi connectivity index (χ3n) is 20.6. The lowest BCUT2D eigenvalue weighted by Gasteiger charge is -2.27. The Kier molecular flexibility index (Phi) is 34.0. The second-order valence-electron chi connectivity index (χ2n) is 33.6. The average molecular weight is 1230 g/mol. The maximum atomic E-state index is 2.35. The molecule has 0 heterocycles. The molecule has 90 heavy (non-hydrogen) atoms. The number of rotatable bonds is 14. The standard InChI is InChI=1S/C19H32.2C18H30.2C17H28.CH4/c1-9-15-13(4)16(10-2)18(12-19(6,7)8)17(11-3)14(15)5;1-9-15-12(3)13(4)17(11-18(6,7)8)16(10-2)14(15)5;1-9-15-13(4)12(3)14(5)16(10-2)17(15)11-18(6,7)8;1-9-15-11(2)13(4)16(10-17(6,7)8)14(5)12(15)3;1-9-15-13(4)11(2)12(3)14(5)16(15)10-17(6,7)8;/h9-12H2,1-8H3;2*9-11H2,1-8H3;2*9-10H2,1-8H3;1H4. The minimum absolute atomic E-state index is 0. The fourth-order valence-electron chi connectivity index (χ4n) is 15.2. The van der Waals surface area contributed by atoms with Crippen molar-refractivity contribution in [1.82, 2.24) is 0 Å². The van der Waals surface area contributed by atoms with Crippen LogP contribution in [0.1, 0.15) is 340 Å². The Morgan fingerprint density at radius 3 is 0.500 bits per heavy atom. The SMILES string of the molecule is C.CCc1c(C)c(C)c(C)c(C)c1CC(C)(C)C.CCc1c(C)c(C)c(C)c(CC)c1CC(C)(C)C.CCc1c(C)c(C)c(CC(C)(C)C)c(C)c1C.CCc1c(C)c(C)c(CC(C)(C)C)c(CC)c1C.CCc1c(C)c(CC)c(CC(C)(C)C)c(CC)c1C. The lowest BCUT2D eigenvalue weighted by atomic mass is 9.78. The highest BCUT2D eigenvalue weighted by molar-refractivity contribution is 5.55. The Balaban J connectivity index is 0.00000110. The van der Waals surface area contributed by atoms with Gasteiger partial charge in [0, 0.05) is 0 Å². The average Bonchev–Trinajstić information content (AvgIpc) is 0.834. The molecule has 0 aromatic heterocycles. The molecule has 0 bridgehead atoms. The molecule has 512 valence electrons. The molecule has 0 aliphatic carbocycles. The van der Waals surface area contributed by atoms with Crippen LogP contribution in [0.25, 0.3) is 0 Å². The Morgan fingerprint density at radius 1 is 0.144 bits per heavy atom. The molecule has 0 radical (unpaired) electrons. The minimum atomic E-state index is 0. The van der Waals surface area contributed by atoms with E-state index in [1.807, 2.05) is 0 Å². The van der Waals surface area contributed by atoms with Gasteiger partial charge in [0.15, 0.2) is 0 Å². The van der Waals surface area contributed by atoms with E-state index >= 15 is 0 Å². The summed E-state index contributed by atoms with van der Waals surface area (Å²) in [5.41, 5.74) is 48.5. The van der Waals surface area contributed by atoms with E-state index in [2.05, 4.69) is 277 Å². The van der Waals surface area contributed by atoms with Gasteiger partial charge in [0.1, 0.15) is 0 Å². The summed E-state index contributed by atoms with van der Waals surface area (Å²) in [4.78, 5) is 0. The molecule has 0 saturated carbocycles. The van der Waals surface area contributed by atoms with Gasteiger partial charge in [0.05, 0.1) is 0 Å². The Labute approximate surface area is 565 Å². The summed E-state index contributed by atoms with van der Waals surface area (Å²) >= 11 is 0. The van der Waals surface area contributed by atoms with Crippen LogP contribution < -0.4 is 0 Å². The van der Waals surface area contributed by atoms with E-state index < -0.39 is 0 Å². The number of hydrogen-bond acceptors (Lipinski definition) is 0. The van der Waals surface area contributed by atoms with Gasteiger partial charge >= 0.3 is 0 Å². The van der Waals surface area contributed by atoms with Crippen LogP contribution in [0.2, 0.25) is 0 Å². The summed E-state index contributed by atoms with van der Waals surface area (Å²) in [5, 5.41) is 0. The van der Waals surface area contributed by atoms with Crippen LogP contribution in [0.4, 0.5) is 0 Å². The van der Waals surface area contributed by atoms with Gasteiger partial charge in [-0.15, -0.1) is 0 Å². The van der Waals surface area contributed by atoms with Crippen molar-refractivity contribution in [2.24, 2.45) is 27.1 Å². The van der Waals surface area contributed by atoms with Gasteiger partial charge in [-0.05, 0) is 395 Å². The molecule has 5 rings (SSSR count). The van der Waals surface area contributed by atoms with Crippen molar-refractivity contribution in [3.8, 4) is 0 Å². The van der Waals surface area contributed by atoms with Crippen molar-refractivity contribution < 1.29 is 0 Å². The van der Waals surface area contributed by atoms with E-state index in [9.17, 15) is 0 Å². The van der Waals surface area contributed by atoms with Crippen molar-refractivity contribution in [3.63, 3.8) is 0 Å². The lowest BCUT2D eigenvalue weighted by molar-refractivity contribution is 0.408. The fraction of sp³-hybridized carbons (Fsp3) is 0.667. The van der Waals surface area contributed by atoms with Crippen LogP contribution in [0.15, 0.2) is 0 Å². The van der Waals surface area contributed by atoms with Gasteiger partial charge in [-0.25, -0.2) is 0 Å². The molecule has 0 saturated heterocycles. The van der Waals surface area contributed by atoms with Gasteiger partial charge in [0.2, 0.25) is 0 Å². The van der Waals surface area contributed by atoms with E-state index in [1.165, 1.54) is 104 Å². The number of hydrogen-bond donors (Lipinski definition) is 0. The van der Waals surface area contributed by atoms with Crippen molar-refractivity contribution >= 4 is 0 Å². The first-order valence-corrected chi connectivity index (χ1v) is 36.1. The molecular weight excluding hydrogens is 1080 g/mol. The number of benzene rings is 5. The molecular formula is C90H152. The summed E-state index contributed by atoms with van der Waals surface area (Å²) in [6, 6.07) is 0. The molecule has 0 aliphatic heterocycles. The van der Waals surface area contributed by atoms with E-state index in [0.717, 1.165) is 57.8 Å². The maximum Gasteiger partial charge on any atom is -0.0224 e. The summed E-state index contributed by atoms with van der Waals surface area (Å²) in [6.45, 7) is 92.4. The second kappa shape index (κ2) is 35.6. The predicted molar refractivity (Wildman–Crippen MR) is 415 cm³/mol. The molecule has 0 heteroatoms. The van der Waals surface area contributed by atoms with Crippen molar-refractivity contribution in [2.75, 3.05) is 0 Å². The van der Waals surface area contributed by atoms with Crippen LogP contribution >= 0.6 is 0 Å². The van der Waals surface area contributed by atoms with Crippen LogP contribution in [0, 0.1) is 138 Å². The van der Waals surface area contributed by atoms with Gasteiger partial charge in [-0.2, -0.15) is 0 Å². The molecule has 0 unspecified atom stereocenters. The highest BCUT2D eigenvalue weighted by Crippen LogP contribution is 2.38. The second-order valence-corrected chi connectivity index (χ2v) is 33.6. The van der Waals surface area contributed by atoms with Crippen LogP contribution in [-0.4, -0.2) is 0 Å². The van der Waals surface area contributed by atoms with Crippen molar-refractivity contribution in [2.45, 2.75) is 374 Å². The van der Waals surface area contributed by atoms with Crippen LogP contribution in [0.3, 0.4) is 0 Å². The molecule has 0 fully saturated rings. The smallest absolute Gasteiger partial charge is 0.0224 e. The van der Waals surface area contributed by atoms with Crippen molar-refractivity contribution in [3.05, 3.63) is 167 Å². The highest BCUT2D eigenvalue weighted by Gasteiger charge is 2.25. The largest absolute Gasteiger partial charge is 0.0776 e. The zero-order valence-corrected chi connectivity index (χ0v) is 67.4. The minimum Gasteiger partial charge on any atom is -0.0776 e. The molecule has 5 aromatic carbocycles. The molecule has 0 aliphatic rings. The highest BCUT2D eigenvalue weighted by atomic mass is 14.3. The van der Waals surface area contributed by atoms with Gasteiger partial charge < -0.3 is 0 Å². The summed E-state index contributed by atoms with van der Waals surface area (Å²) in [6.07, 6.45) is 16.4. The predicted octanol–water partition coefficient (Wildman–Crippen LogP) is 27.0. The monoisotopic (exact) mass is 1230 g/mol. The summed E-state index contributed by atoms with van der Waals surface area (Å²) < 4.78 is 0. The molecule has 0 spiro atoms. The molecule has 0 amide bonds. The van der Waals surface area contributed by atoms with E-state index in [4.69, 9.17) is 0 Å². The van der Waals surface area contributed by atoms with Crippen LogP contribution in [0.5, 0.6) is 0 Å². The summed E-state index contributed by atoms with van der Waals surface area (Å²) in [5.74, 6) is 0. The van der Waals surface area contributed by atoms with Crippen molar-refractivity contribution in [1.29, 1.82) is 0 Å². The first kappa shape index (κ1) is 86.1. The van der Waals surface area contributed by atoms with E-state index in [1.54, 1.807) is 94.6 Å². The zero-order valence-electron chi connectivity index (χ0n) is 67.4. The third kappa shape index (κ3) is 22.9. The van der Waals surface area contributed by atoms with Gasteiger partial charge in [-0.1, -0.05) is 174 Å². The molecule has 0 atom stereocenters. The molecule has 0 nitrogen and oxygen atoms in total. The Hall–Kier alpha value is -3.90.